The van der Waals surface area contributed by atoms with Crippen molar-refractivity contribution in [3.8, 4) is 11.1 Å². The molecule has 0 N–H and O–H groups in total. The molecule has 6 rings (SSSR count). The molecule has 2 heteroatoms. The Morgan fingerprint density at radius 3 is 2.62 bits per heavy atom. The highest BCUT2D eigenvalue weighted by Crippen LogP contribution is 2.43. The zero-order valence-corrected chi connectivity index (χ0v) is 14.5. The van der Waals surface area contributed by atoms with Crippen LogP contribution in [0.25, 0.3) is 43.7 Å². The second-order valence-corrected chi connectivity index (χ2v) is 7.14. The molecule has 1 aliphatic carbocycles. The first kappa shape index (κ1) is 14.0. The van der Waals surface area contributed by atoms with E-state index in [1.165, 1.54) is 38.7 Å². The van der Waals surface area contributed by atoms with E-state index in [4.69, 9.17) is 4.98 Å². The van der Waals surface area contributed by atoms with Crippen LogP contribution in [0.2, 0.25) is 0 Å². The Bertz CT molecular complexity index is 1370. The van der Waals surface area contributed by atoms with Gasteiger partial charge in [0.2, 0.25) is 0 Å². The summed E-state index contributed by atoms with van der Waals surface area (Å²) in [5, 5.41) is 4.93. The van der Waals surface area contributed by atoms with Gasteiger partial charge in [-0.05, 0) is 46.5 Å². The van der Waals surface area contributed by atoms with Crippen LogP contribution in [0.15, 0.2) is 66.9 Å². The van der Waals surface area contributed by atoms with Crippen LogP contribution in [0, 0.1) is 6.92 Å². The third-order valence-electron chi connectivity index (χ3n) is 5.63. The van der Waals surface area contributed by atoms with Crippen LogP contribution in [0.3, 0.4) is 0 Å². The molecule has 0 atom stereocenters. The third-order valence-corrected chi connectivity index (χ3v) is 5.63. The lowest BCUT2D eigenvalue weighted by molar-refractivity contribution is 1.14. The van der Waals surface area contributed by atoms with E-state index >= 15 is 0 Å². The molecule has 0 radical (unpaired) electrons. The van der Waals surface area contributed by atoms with Gasteiger partial charge >= 0.3 is 0 Å². The zero-order chi connectivity index (χ0) is 17.3. The number of aryl methyl sites for hydroxylation is 1. The van der Waals surface area contributed by atoms with Crippen molar-refractivity contribution in [3.63, 3.8) is 0 Å². The molecule has 0 saturated heterocycles. The van der Waals surface area contributed by atoms with Crippen molar-refractivity contribution in [2.75, 3.05) is 0 Å². The van der Waals surface area contributed by atoms with Crippen molar-refractivity contribution >= 4 is 32.6 Å². The van der Waals surface area contributed by atoms with Crippen LogP contribution >= 0.6 is 0 Å². The van der Waals surface area contributed by atoms with E-state index in [0.717, 1.165) is 28.2 Å². The van der Waals surface area contributed by atoms with Crippen LogP contribution in [0.1, 0.15) is 16.8 Å². The summed E-state index contributed by atoms with van der Waals surface area (Å²) in [4.78, 5) is 9.67. The molecule has 26 heavy (non-hydrogen) atoms. The molecule has 2 aromatic heterocycles. The molecule has 0 saturated carbocycles. The summed E-state index contributed by atoms with van der Waals surface area (Å²) >= 11 is 0. The SMILES string of the molecule is Cc1cc2ccccc2c2c1Cc1nc3c(ccc4cccnc43)cc1-2. The first-order valence-corrected chi connectivity index (χ1v) is 8.98. The fourth-order valence-electron chi connectivity index (χ4n) is 4.40. The van der Waals surface area contributed by atoms with Gasteiger partial charge in [-0.1, -0.05) is 48.5 Å². The zero-order valence-electron chi connectivity index (χ0n) is 14.5. The largest absolute Gasteiger partial charge is 0.254 e. The molecule has 2 heterocycles. The fourth-order valence-corrected chi connectivity index (χ4v) is 4.40. The van der Waals surface area contributed by atoms with E-state index in [0.29, 0.717) is 0 Å². The average Bonchev–Trinajstić information content (AvgIpc) is 3.06. The van der Waals surface area contributed by atoms with Gasteiger partial charge < -0.3 is 0 Å². The Hall–Kier alpha value is -3.26. The van der Waals surface area contributed by atoms with E-state index in [1.54, 1.807) is 0 Å². The topological polar surface area (TPSA) is 25.8 Å². The molecular formula is C24H16N2. The quantitative estimate of drug-likeness (QED) is 0.328. The maximum absolute atomic E-state index is 5.08. The summed E-state index contributed by atoms with van der Waals surface area (Å²) in [5.74, 6) is 0. The van der Waals surface area contributed by atoms with Crippen molar-refractivity contribution < 1.29 is 0 Å². The van der Waals surface area contributed by atoms with Gasteiger partial charge in [-0.3, -0.25) is 4.98 Å². The smallest absolute Gasteiger partial charge is 0.0968 e. The first-order chi connectivity index (χ1) is 12.8. The number of rotatable bonds is 0. The minimum atomic E-state index is 0.903. The lowest BCUT2D eigenvalue weighted by Crippen LogP contribution is -1.91. The molecule has 0 amide bonds. The lowest BCUT2D eigenvalue weighted by atomic mass is 9.94. The summed E-state index contributed by atoms with van der Waals surface area (Å²) < 4.78 is 0. The Morgan fingerprint density at radius 2 is 1.65 bits per heavy atom. The van der Waals surface area contributed by atoms with Gasteiger partial charge in [-0.15, -0.1) is 0 Å². The van der Waals surface area contributed by atoms with Crippen LogP contribution in [0.4, 0.5) is 0 Å². The maximum Gasteiger partial charge on any atom is 0.0968 e. The number of hydrogen-bond donors (Lipinski definition) is 0. The predicted molar refractivity (Wildman–Crippen MR) is 108 cm³/mol. The van der Waals surface area contributed by atoms with Gasteiger partial charge in [-0.25, -0.2) is 4.98 Å². The highest BCUT2D eigenvalue weighted by atomic mass is 14.8. The number of hydrogen-bond acceptors (Lipinski definition) is 2. The predicted octanol–water partition coefficient (Wildman–Crippen LogP) is 5.82. The average molecular weight is 332 g/mol. The highest BCUT2D eigenvalue weighted by molar-refractivity contribution is 6.07. The monoisotopic (exact) mass is 332 g/mol. The Labute approximate surface area is 151 Å². The molecule has 0 spiro atoms. The maximum atomic E-state index is 5.08. The van der Waals surface area contributed by atoms with Crippen LogP contribution in [-0.2, 0) is 6.42 Å². The van der Waals surface area contributed by atoms with Crippen LogP contribution in [-0.4, -0.2) is 9.97 Å². The van der Waals surface area contributed by atoms with Gasteiger partial charge in [0, 0.05) is 29.0 Å². The molecule has 5 aromatic rings. The van der Waals surface area contributed by atoms with Crippen molar-refractivity contribution in [3.05, 3.63) is 83.7 Å². The highest BCUT2D eigenvalue weighted by Gasteiger charge is 2.24. The summed E-state index contributed by atoms with van der Waals surface area (Å²) in [7, 11) is 0. The number of nitrogens with zero attached hydrogens (tertiary/aromatic N) is 2. The van der Waals surface area contributed by atoms with Crippen molar-refractivity contribution in [2.45, 2.75) is 13.3 Å². The van der Waals surface area contributed by atoms with E-state index in [9.17, 15) is 0 Å². The molecule has 2 nitrogen and oxygen atoms in total. The summed E-state index contributed by atoms with van der Waals surface area (Å²) in [5.41, 5.74) is 8.59. The number of pyridine rings is 2. The molecule has 0 aliphatic heterocycles. The number of benzene rings is 3. The van der Waals surface area contributed by atoms with E-state index in [-0.39, 0.29) is 0 Å². The number of fused-ring (bicyclic) bond motifs is 8. The summed E-state index contributed by atoms with van der Waals surface area (Å²) in [6, 6.07) is 21.7. The molecule has 0 unspecified atom stereocenters. The van der Waals surface area contributed by atoms with Gasteiger partial charge in [-0.2, -0.15) is 0 Å². The van der Waals surface area contributed by atoms with Crippen molar-refractivity contribution in [1.29, 1.82) is 0 Å². The van der Waals surface area contributed by atoms with Crippen molar-refractivity contribution in [1.82, 2.24) is 9.97 Å². The Balaban J connectivity index is 1.74. The Kier molecular flexibility index (Phi) is 2.63. The minimum absolute atomic E-state index is 0.903. The number of aromatic nitrogens is 2. The molecule has 122 valence electrons. The summed E-state index contributed by atoms with van der Waals surface area (Å²) in [6.45, 7) is 2.22. The second kappa shape index (κ2) is 4.89. The summed E-state index contributed by atoms with van der Waals surface area (Å²) in [6.07, 6.45) is 2.75. The minimum Gasteiger partial charge on any atom is -0.254 e. The molecule has 3 aromatic carbocycles. The van der Waals surface area contributed by atoms with Crippen LogP contribution in [0.5, 0.6) is 0 Å². The van der Waals surface area contributed by atoms with Gasteiger partial charge in [0.25, 0.3) is 0 Å². The molecule has 1 aliphatic rings. The Morgan fingerprint density at radius 1 is 0.808 bits per heavy atom. The molecule has 0 fully saturated rings. The third kappa shape index (κ3) is 1.76. The van der Waals surface area contributed by atoms with E-state index in [2.05, 4.69) is 66.5 Å². The normalized spacial score (nSPS) is 12.7. The molecule has 0 bridgehead atoms. The van der Waals surface area contributed by atoms with Crippen LogP contribution < -0.4 is 0 Å². The van der Waals surface area contributed by atoms with Gasteiger partial charge in [0.1, 0.15) is 0 Å². The van der Waals surface area contributed by atoms with Gasteiger partial charge in [0.05, 0.1) is 16.7 Å². The van der Waals surface area contributed by atoms with Crippen molar-refractivity contribution in [2.24, 2.45) is 0 Å². The second-order valence-electron chi connectivity index (χ2n) is 7.14. The van der Waals surface area contributed by atoms with Gasteiger partial charge in [0.15, 0.2) is 0 Å². The first-order valence-electron chi connectivity index (χ1n) is 8.98. The standard InChI is InChI=1S/C24H16N2/c1-14-11-16-5-2-3-7-18(16)22-19(14)13-21-20(22)12-17-9-8-15-6-4-10-25-23(15)24(17)26-21/h2-12H,13H2,1H3. The molecular weight excluding hydrogens is 316 g/mol. The van der Waals surface area contributed by atoms with E-state index in [1.807, 2.05) is 12.3 Å². The lowest BCUT2D eigenvalue weighted by Gasteiger charge is -2.10. The fraction of sp³-hybridized carbons (Fsp3) is 0.0833. The van der Waals surface area contributed by atoms with E-state index < -0.39 is 0 Å².